The average molecular weight is 257 g/mol. The van der Waals surface area contributed by atoms with Crippen molar-refractivity contribution < 1.29 is 4.79 Å². The molecule has 4 heteroatoms. The number of hydrogen-bond acceptors (Lipinski definition) is 3. The second-order valence-corrected chi connectivity index (χ2v) is 5.37. The molecule has 0 fully saturated rings. The molecule has 3 N–H and O–H groups in total. The van der Waals surface area contributed by atoms with Crippen LogP contribution in [0.1, 0.15) is 47.0 Å². The summed E-state index contributed by atoms with van der Waals surface area (Å²) in [7, 11) is 2.07. The van der Waals surface area contributed by atoms with Gasteiger partial charge in [0, 0.05) is 18.0 Å². The minimum Gasteiger partial charge on any atom is -0.354 e. The van der Waals surface area contributed by atoms with Crippen molar-refractivity contribution in [1.82, 2.24) is 10.2 Å². The van der Waals surface area contributed by atoms with Crippen LogP contribution in [0, 0.1) is 5.92 Å². The number of nitrogens with two attached hydrogens (primary N) is 1. The van der Waals surface area contributed by atoms with Gasteiger partial charge in [-0.3, -0.25) is 4.79 Å². The molecule has 1 atom stereocenters. The Bertz CT molecular complexity index is 239. The second-order valence-electron chi connectivity index (χ2n) is 5.37. The van der Waals surface area contributed by atoms with Gasteiger partial charge in [0.25, 0.3) is 0 Å². The van der Waals surface area contributed by atoms with Crippen molar-refractivity contribution in [2.24, 2.45) is 11.7 Å². The molecule has 0 aliphatic carbocycles. The van der Waals surface area contributed by atoms with Crippen molar-refractivity contribution in [3.8, 4) is 0 Å². The summed E-state index contributed by atoms with van der Waals surface area (Å²) < 4.78 is 0. The maximum absolute atomic E-state index is 11.9. The van der Waals surface area contributed by atoms with Crippen molar-refractivity contribution in [2.45, 2.75) is 52.5 Å². The van der Waals surface area contributed by atoms with E-state index in [2.05, 4.69) is 38.0 Å². The van der Waals surface area contributed by atoms with Crippen molar-refractivity contribution in [3.05, 3.63) is 0 Å². The molecule has 0 heterocycles. The first-order chi connectivity index (χ1) is 8.38. The molecule has 18 heavy (non-hydrogen) atoms. The predicted octanol–water partition coefficient (Wildman–Crippen LogP) is 1.60. The van der Waals surface area contributed by atoms with Crippen LogP contribution in [-0.4, -0.2) is 43.0 Å². The third-order valence-corrected chi connectivity index (χ3v) is 3.95. The van der Waals surface area contributed by atoms with Crippen molar-refractivity contribution in [2.75, 3.05) is 26.7 Å². The van der Waals surface area contributed by atoms with Crippen molar-refractivity contribution >= 4 is 5.91 Å². The smallest absolute Gasteiger partial charge is 0.222 e. The standard InChI is InChI=1S/C14H31N3O/c1-6-14(15,7-2)11-16-13(18)12(4)9-10-17(5)8-3/h12H,6-11,15H2,1-5H3,(H,16,18). The molecule has 0 aromatic carbocycles. The highest BCUT2D eigenvalue weighted by Crippen LogP contribution is 2.10. The Hall–Kier alpha value is -0.610. The zero-order valence-corrected chi connectivity index (χ0v) is 12.8. The number of nitrogens with zero attached hydrogens (tertiary/aromatic N) is 1. The Kier molecular flexibility index (Phi) is 8.20. The van der Waals surface area contributed by atoms with Gasteiger partial charge in [0.1, 0.15) is 0 Å². The van der Waals surface area contributed by atoms with Crippen LogP contribution in [-0.2, 0) is 4.79 Å². The number of hydrogen-bond donors (Lipinski definition) is 2. The van der Waals surface area contributed by atoms with E-state index in [1.54, 1.807) is 0 Å². The fourth-order valence-electron chi connectivity index (χ4n) is 1.64. The summed E-state index contributed by atoms with van der Waals surface area (Å²) in [6.45, 7) is 10.8. The number of rotatable bonds is 9. The van der Waals surface area contributed by atoms with Crippen LogP contribution in [0.2, 0.25) is 0 Å². The summed E-state index contributed by atoms with van der Waals surface area (Å²) >= 11 is 0. The van der Waals surface area contributed by atoms with E-state index < -0.39 is 0 Å². The molecule has 0 aliphatic heterocycles. The quantitative estimate of drug-likeness (QED) is 0.659. The molecule has 0 bridgehead atoms. The molecule has 0 radical (unpaired) electrons. The highest BCUT2D eigenvalue weighted by Gasteiger charge is 2.22. The summed E-state index contributed by atoms with van der Waals surface area (Å²) in [5.74, 6) is 0.174. The predicted molar refractivity (Wildman–Crippen MR) is 77.5 cm³/mol. The number of carbonyl (C=O) groups excluding carboxylic acids is 1. The highest BCUT2D eigenvalue weighted by atomic mass is 16.1. The van der Waals surface area contributed by atoms with Gasteiger partial charge in [-0.25, -0.2) is 0 Å². The van der Waals surface area contributed by atoms with Crippen molar-refractivity contribution in [3.63, 3.8) is 0 Å². The Morgan fingerprint density at radius 1 is 1.33 bits per heavy atom. The molecule has 0 saturated carbocycles. The lowest BCUT2D eigenvalue weighted by molar-refractivity contribution is -0.125. The average Bonchev–Trinajstić information content (AvgIpc) is 2.41. The van der Waals surface area contributed by atoms with Crippen LogP contribution < -0.4 is 11.1 Å². The summed E-state index contributed by atoms with van der Waals surface area (Å²) in [6, 6.07) is 0. The van der Waals surface area contributed by atoms with Crippen LogP contribution in [0.3, 0.4) is 0 Å². The third-order valence-electron chi connectivity index (χ3n) is 3.95. The zero-order chi connectivity index (χ0) is 14.2. The van der Waals surface area contributed by atoms with E-state index in [0.29, 0.717) is 6.54 Å². The van der Waals surface area contributed by atoms with E-state index in [1.165, 1.54) is 0 Å². The van der Waals surface area contributed by atoms with E-state index in [0.717, 1.165) is 32.4 Å². The first kappa shape index (κ1) is 17.4. The van der Waals surface area contributed by atoms with Gasteiger partial charge < -0.3 is 16.0 Å². The first-order valence-electron chi connectivity index (χ1n) is 7.13. The zero-order valence-electron chi connectivity index (χ0n) is 12.8. The minimum atomic E-state index is -0.254. The highest BCUT2D eigenvalue weighted by molar-refractivity contribution is 5.78. The van der Waals surface area contributed by atoms with Gasteiger partial charge in [0.2, 0.25) is 5.91 Å². The molecule has 1 amide bonds. The van der Waals surface area contributed by atoms with E-state index >= 15 is 0 Å². The van der Waals surface area contributed by atoms with Crippen LogP contribution in [0.5, 0.6) is 0 Å². The summed E-state index contributed by atoms with van der Waals surface area (Å²) in [5, 5.41) is 2.98. The van der Waals surface area contributed by atoms with E-state index in [9.17, 15) is 4.79 Å². The molecular weight excluding hydrogens is 226 g/mol. The Labute approximate surface area is 112 Å². The molecule has 0 spiro atoms. The SMILES string of the molecule is CCN(C)CCC(C)C(=O)NCC(N)(CC)CC. The molecule has 0 aromatic rings. The Balaban J connectivity index is 4.01. The van der Waals surface area contributed by atoms with Crippen LogP contribution in [0.4, 0.5) is 0 Å². The number of amides is 1. The first-order valence-corrected chi connectivity index (χ1v) is 7.13. The van der Waals surface area contributed by atoms with Crippen molar-refractivity contribution in [1.29, 1.82) is 0 Å². The van der Waals surface area contributed by atoms with E-state index in [4.69, 9.17) is 5.73 Å². The van der Waals surface area contributed by atoms with Gasteiger partial charge in [0.15, 0.2) is 0 Å². The van der Waals surface area contributed by atoms with Gasteiger partial charge in [-0.15, -0.1) is 0 Å². The normalized spacial score (nSPS) is 13.7. The van der Waals surface area contributed by atoms with E-state index in [-0.39, 0.29) is 17.4 Å². The lowest BCUT2D eigenvalue weighted by Crippen LogP contribution is -2.50. The molecule has 0 saturated heterocycles. The van der Waals surface area contributed by atoms with Gasteiger partial charge in [0.05, 0.1) is 0 Å². The maximum Gasteiger partial charge on any atom is 0.222 e. The van der Waals surface area contributed by atoms with Crippen LogP contribution >= 0.6 is 0 Å². The third kappa shape index (κ3) is 6.36. The summed E-state index contributed by atoms with van der Waals surface area (Å²) in [6.07, 6.45) is 2.67. The van der Waals surface area contributed by atoms with Gasteiger partial charge in [-0.2, -0.15) is 0 Å². The molecular formula is C14H31N3O. The second kappa shape index (κ2) is 8.48. The fraction of sp³-hybridized carbons (Fsp3) is 0.929. The molecule has 0 aromatic heterocycles. The van der Waals surface area contributed by atoms with Gasteiger partial charge >= 0.3 is 0 Å². The Morgan fingerprint density at radius 3 is 2.33 bits per heavy atom. The largest absolute Gasteiger partial charge is 0.354 e. The topological polar surface area (TPSA) is 58.4 Å². The monoisotopic (exact) mass is 257 g/mol. The summed E-state index contributed by atoms with van der Waals surface area (Å²) in [5.41, 5.74) is 5.91. The maximum atomic E-state index is 11.9. The fourth-order valence-corrected chi connectivity index (χ4v) is 1.64. The van der Waals surface area contributed by atoms with Crippen LogP contribution in [0.25, 0.3) is 0 Å². The summed E-state index contributed by atoms with van der Waals surface area (Å²) in [4.78, 5) is 14.2. The number of nitrogens with one attached hydrogen (secondary N) is 1. The van der Waals surface area contributed by atoms with Crippen LogP contribution in [0.15, 0.2) is 0 Å². The molecule has 1 unspecified atom stereocenters. The molecule has 0 aliphatic rings. The lowest BCUT2D eigenvalue weighted by Gasteiger charge is -2.27. The molecule has 108 valence electrons. The van der Waals surface area contributed by atoms with E-state index in [1.807, 2.05) is 6.92 Å². The Morgan fingerprint density at radius 2 is 1.89 bits per heavy atom. The lowest BCUT2D eigenvalue weighted by atomic mass is 9.94. The minimum absolute atomic E-state index is 0.0527. The number of carbonyl (C=O) groups is 1. The van der Waals surface area contributed by atoms with Gasteiger partial charge in [-0.05, 0) is 39.4 Å². The molecule has 4 nitrogen and oxygen atoms in total. The van der Waals surface area contributed by atoms with Gasteiger partial charge in [-0.1, -0.05) is 27.7 Å². The molecule has 0 rings (SSSR count).